The van der Waals surface area contributed by atoms with E-state index < -0.39 is 10.2 Å². The SMILES string of the molecule is CC1CCCN(S(=O)(=O)N(CC2CCCO2)C2CCSC2)C1. The first-order valence-electron chi connectivity index (χ1n) is 8.53. The molecule has 0 aromatic heterocycles. The Labute approximate surface area is 138 Å². The summed E-state index contributed by atoms with van der Waals surface area (Å²) in [5.41, 5.74) is 0. The van der Waals surface area contributed by atoms with Gasteiger partial charge in [-0.3, -0.25) is 0 Å². The van der Waals surface area contributed by atoms with Gasteiger partial charge in [-0.15, -0.1) is 0 Å². The average molecular weight is 349 g/mol. The van der Waals surface area contributed by atoms with Crippen LogP contribution in [0.2, 0.25) is 0 Å². The largest absolute Gasteiger partial charge is 0.377 e. The average Bonchev–Trinajstić information content (AvgIpc) is 3.18. The smallest absolute Gasteiger partial charge is 0.282 e. The zero-order valence-electron chi connectivity index (χ0n) is 13.4. The van der Waals surface area contributed by atoms with Gasteiger partial charge in [0.05, 0.1) is 6.10 Å². The van der Waals surface area contributed by atoms with E-state index in [1.807, 2.05) is 11.8 Å². The number of hydrogen-bond donors (Lipinski definition) is 0. The van der Waals surface area contributed by atoms with Crippen LogP contribution >= 0.6 is 11.8 Å². The molecular weight excluding hydrogens is 320 g/mol. The molecule has 0 aliphatic carbocycles. The van der Waals surface area contributed by atoms with E-state index in [1.54, 1.807) is 8.61 Å². The van der Waals surface area contributed by atoms with Gasteiger partial charge in [-0.25, -0.2) is 0 Å². The lowest BCUT2D eigenvalue weighted by molar-refractivity contribution is 0.0849. The number of ether oxygens (including phenoxy) is 1. The van der Waals surface area contributed by atoms with Gasteiger partial charge in [-0.05, 0) is 43.8 Å². The number of piperidine rings is 1. The van der Waals surface area contributed by atoms with Crippen LogP contribution in [0.15, 0.2) is 0 Å². The molecule has 22 heavy (non-hydrogen) atoms. The van der Waals surface area contributed by atoms with E-state index in [1.165, 1.54) is 0 Å². The number of thioether (sulfide) groups is 1. The second-order valence-electron chi connectivity index (χ2n) is 6.84. The minimum Gasteiger partial charge on any atom is -0.377 e. The van der Waals surface area contributed by atoms with Crippen LogP contribution in [0.1, 0.15) is 39.0 Å². The second-order valence-corrected chi connectivity index (χ2v) is 9.87. The Morgan fingerprint density at radius 2 is 2.14 bits per heavy atom. The highest BCUT2D eigenvalue weighted by molar-refractivity contribution is 7.99. The van der Waals surface area contributed by atoms with Crippen molar-refractivity contribution in [2.24, 2.45) is 5.92 Å². The Bertz CT molecular complexity index is 459. The molecule has 0 aromatic rings. The van der Waals surface area contributed by atoms with Gasteiger partial charge in [0.25, 0.3) is 10.2 Å². The van der Waals surface area contributed by atoms with E-state index in [0.717, 1.165) is 50.2 Å². The normalized spacial score (nSPS) is 34.5. The van der Waals surface area contributed by atoms with Gasteiger partial charge in [0, 0.05) is 38.0 Å². The third-order valence-electron chi connectivity index (χ3n) is 4.96. The van der Waals surface area contributed by atoms with Crippen LogP contribution in [0.5, 0.6) is 0 Å². The number of hydrogen-bond acceptors (Lipinski definition) is 4. The lowest BCUT2D eigenvalue weighted by Crippen LogP contribution is -2.53. The van der Waals surface area contributed by atoms with Gasteiger partial charge in [-0.2, -0.15) is 28.8 Å². The fourth-order valence-corrected chi connectivity index (χ4v) is 7.00. The number of rotatable bonds is 5. The van der Waals surface area contributed by atoms with E-state index in [-0.39, 0.29) is 12.1 Å². The molecule has 7 heteroatoms. The highest BCUT2D eigenvalue weighted by atomic mass is 32.2. The van der Waals surface area contributed by atoms with Crippen molar-refractivity contribution >= 4 is 22.0 Å². The van der Waals surface area contributed by atoms with E-state index in [0.29, 0.717) is 25.6 Å². The maximum Gasteiger partial charge on any atom is 0.282 e. The Balaban J connectivity index is 1.76. The summed E-state index contributed by atoms with van der Waals surface area (Å²) >= 11 is 1.87. The summed E-state index contributed by atoms with van der Waals surface area (Å²) in [5.74, 6) is 2.46. The molecule has 3 saturated heterocycles. The molecule has 3 unspecified atom stereocenters. The van der Waals surface area contributed by atoms with Gasteiger partial charge in [0.1, 0.15) is 0 Å². The first kappa shape index (κ1) is 17.0. The minimum absolute atomic E-state index is 0.0857. The van der Waals surface area contributed by atoms with Gasteiger partial charge < -0.3 is 4.74 Å². The maximum atomic E-state index is 13.2. The first-order valence-corrected chi connectivity index (χ1v) is 11.1. The highest BCUT2D eigenvalue weighted by Crippen LogP contribution is 2.29. The van der Waals surface area contributed by atoms with Crippen molar-refractivity contribution in [3.05, 3.63) is 0 Å². The molecule has 3 atom stereocenters. The molecule has 3 aliphatic rings. The van der Waals surface area contributed by atoms with Crippen LogP contribution in [-0.4, -0.2) is 66.9 Å². The van der Waals surface area contributed by atoms with Crippen LogP contribution in [0.4, 0.5) is 0 Å². The Morgan fingerprint density at radius 1 is 1.27 bits per heavy atom. The van der Waals surface area contributed by atoms with Crippen LogP contribution in [0, 0.1) is 5.92 Å². The quantitative estimate of drug-likeness (QED) is 0.762. The third kappa shape index (κ3) is 3.80. The maximum absolute atomic E-state index is 13.2. The standard InChI is InChI=1S/C15H28N2O3S2/c1-13-4-2-7-16(10-13)22(18,19)17(14-6-9-21-12-14)11-15-5-3-8-20-15/h13-15H,2-12H2,1H3. The van der Waals surface area contributed by atoms with Crippen molar-refractivity contribution in [1.29, 1.82) is 0 Å². The summed E-state index contributed by atoms with van der Waals surface area (Å²) in [4.78, 5) is 0. The first-order chi connectivity index (χ1) is 10.6. The molecule has 0 bridgehead atoms. The fraction of sp³-hybridized carbons (Fsp3) is 1.00. The summed E-state index contributed by atoms with van der Waals surface area (Å²) in [6, 6.07) is 0.149. The number of nitrogens with zero attached hydrogens (tertiary/aromatic N) is 2. The molecule has 0 aromatic carbocycles. The van der Waals surface area contributed by atoms with Crippen molar-refractivity contribution < 1.29 is 13.2 Å². The molecule has 128 valence electrons. The summed E-state index contributed by atoms with van der Waals surface area (Å²) in [6.07, 6.45) is 5.22. The van der Waals surface area contributed by atoms with Crippen molar-refractivity contribution in [2.45, 2.75) is 51.2 Å². The monoisotopic (exact) mass is 348 g/mol. The molecule has 3 fully saturated rings. The zero-order valence-corrected chi connectivity index (χ0v) is 15.1. The zero-order chi connectivity index (χ0) is 15.6. The van der Waals surface area contributed by atoms with Gasteiger partial charge in [-0.1, -0.05) is 6.92 Å². The highest BCUT2D eigenvalue weighted by Gasteiger charge is 2.39. The topological polar surface area (TPSA) is 49.9 Å². The molecule has 0 saturated carbocycles. The van der Waals surface area contributed by atoms with E-state index in [2.05, 4.69) is 6.92 Å². The predicted octanol–water partition coefficient (Wildman–Crippen LogP) is 1.95. The van der Waals surface area contributed by atoms with E-state index in [4.69, 9.17) is 4.74 Å². The Morgan fingerprint density at radius 3 is 2.77 bits per heavy atom. The third-order valence-corrected chi connectivity index (χ3v) is 8.13. The van der Waals surface area contributed by atoms with Crippen LogP contribution in [-0.2, 0) is 14.9 Å². The lowest BCUT2D eigenvalue weighted by atomic mass is 10.0. The van der Waals surface area contributed by atoms with Crippen molar-refractivity contribution in [3.8, 4) is 0 Å². The molecule has 0 spiro atoms. The summed E-state index contributed by atoms with van der Waals surface area (Å²) in [5, 5.41) is 0. The molecule has 0 N–H and O–H groups in total. The fourth-order valence-electron chi connectivity index (χ4n) is 3.67. The van der Waals surface area contributed by atoms with E-state index in [9.17, 15) is 8.42 Å². The Kier molecular flexibility index (Phi) is 5.71. The van der Waals surface area contributed by atoms with E-state index >= 15 is 0 Å². The summed E-state index contributed by atoms with van der Waals surface area (Å²) < 4.78 is 35.6. The molecule has 5 nitrogen and oxygen atoms in total. The lowest BCUT2D eigenvalue weighted by Gasteiger charge is -2.37. The van der Waals surface area contributed by atoms with Gasteiger partial charge >= 0.3 is 0 Å². The molecule has 0 radical (unpaired) electrons. The van der Waals surface area contributed by atoms with Crippen LogP contribution < -0.4 is 0 Å². The second kappa shape index (κ2) is 7.38. The molecular formula is C15H28N2O3S2. The molecule has 3 heterocycles. The van der Waals surface area contributed by atoms with Gasteiger partial charge in [0.2, 0.25) is 0 Å². The minimum atomic E-state index is -3.35. The Hall–Kier alpha value is 0.180. The van der Waals surface area contributed by atoms with Gasteiger partial charge in [0.15, 0.2) is 0 Å². The van der Waals surface area contributed by atoms with Crippen LogP contribution in [0.3, 0.4) is 0 Å². The summed E-state index contributed by atoms with van der Waals surface area (Å²) in [7, 11) is -3.35. The molecule has 0 amide bonds. The van der Waals surface area contributed by atoms with Crippen molar-refractivity contribution in [1.82, 2.24) is 8.61 Å². The van der Waals surface area contributed by atoms with Crippen molar-refractivity contribution in [2.75, 3.05) is 37.7 Å². The molecule has 3 aliphatic heterocycles. The predicted molar refractivity (Wildman–Crippen MR) is 90.3 cm³/mol. The van der Waals surface area contributed by atoms with Crippen LogP contribution in [0.25, 0.3) is 0 Å². The molecule has 3 rings (SSSR count). The summed E-state index contributed by atoms with van der Waals surface area (Å²) in [6.45, 7) is 4.81. The van der Waals surface area contributed by atoms with Crippen molar-refractivity contribution in [3.63, 3.8) is 0 Å².